The highest BCUT2D eigenvalue weighted by Gasteiger charge is 2.16. The van der Waals surface area contributed by atoms with Crippen molar-refractivity contribution in [3.63, 3.8) is 0 Å². The molecular formula is C16H13NO4. The minimum Gasteiger partial charge on any atom is -0.489 e. The quantitative estimate of drug-likeness (QED) is 0.464. The van der Waals surface area contributed by atoms with Gasteiger partial charge in [-0.15, -0.1) is 6.42 Å². The highest BCUT2D eigenvalue weighted by Crippen LogP contribution is 2.31. The van der Waals surface area contributed by atoms with Crippen LogP contribution in [0.5, 0.6) is 11.5 Å². The first-order valence-electron chi connectivity index (χ1n) is 6.22. The maximum atomic E-state index is 10.9. The van der Waals surface area contributed by atoms with Gasteiger partial charge in [0.15, 0.2) is 0 Å². The molecule has 2 aromatic rings. The van der Waals surface area contributed by atoms with Crippen molar-refractivity contribution in [2.75, 3.05) is 6.61 Å². The number of nitrogens with zero attached hydrogens (tertiary/aromatic N) is 1. The Hall–Kier alpha value is -3.00. The zero-order valence-electron chi connectivity index (χ0n) is 11.2. The van der Waals surface area contributed by atoms with E-state index in [1.54, 1.807) is 0 Å². The second-order valence-corrected chi connectivity index (χ2v) is 4.15. The van der Waals surface area contributed by atoms with Gasteiger partial charge in [-0.2, -0.15) is 0 Å². The SMILES string of the molecule is C#CCOc1cc(OCc2ccccc2)ccc1[N+](=O)[O-]. The van der Waals surface area contributed by atoms with Crippen molar-refractivity contribution in [1.29, 1.82) is 0 Å². The molecule has 21 heavy (non-hydrogen) atoms. The Labute approximate surface area is 122 Å². The monoisotopic (exact) mass is 283 g/mol. The summed E-state index contributed by atoms with van der Waals surface area (Å²) < 4.78 is 10.8. The normalized spacial score (nSPS) is 9.67. The minimum absolute atomic E-state index is 0.0387. The number of hydrogen-bond acceptors (Lipinski definition) is 4. The van der Waals surface area contributed by atoms with Gasteiger partial charge in [-0.05, 0) is 11.6 Å². The first kappa shape index (κ1) is 14.4. The lowest BCUT2D eigenvalue weighted by molar-refractivity contribution is -0.385. The van der Waals surface area contributed by atoms with Crippen molar-refractivity contribution in [1.82, 2.24) is 0 Å². The van der Waals surface area contributed by atoms with E-state index in [0.717, 1.165) is 5.56 Å². The van der Waals surface area contributed by atoms with Crippen LogP contribution in [0.15, 0.2) is 48.5 Å². The molecular weight excluding hydrogens is 270 g/mol. The van der Waals surface area contributed by atoms with Crippen molar-refractivity contribution < 1.29 is 14.4 Å². The smallest absolute Gasteiger partial charge is 0.311 e. The Morgan fingerprint density at radius 2 is 1.90 bits per heavy atom. The second-order valence-electron chi connectivity index (χ2n) is 4.15. The fourth-order valence-electron chi connectivity index (χ4n) is 1.71. The summed E-state index contributed by atoms with van der Waals surface area (Å²) >= 11 is 0. The highest BCUT2D eigenvalue weighted by atomic mass is 16.6. The maximum absolute atomic E-state index is 10.9. The fourth-order valence-corrected chi connectivity index (χ4v) is 1.71. The number of nitro benzene ring substituents is 1. The lowest BCUT2D eigenvalue weighted by Gasteiger charge is -2.09. The van der Waals surface area contributed by atoms with Gasteiger partial charge in [-0.25, -0.2) is 0 Å². The molecule has 0 spiro atoms. The second kappa shape index (κ2) is 6.96. The van der Waals surface area contributed by atoms with Crippen molar-refractivity contribution in [2.45, 2.75) is 6.61 Å². The van der Waals surface area contributed by atoms with Crippen LogP contribution in [0, 0.1) is 22.5 Å². The molecule has 106 valence electrons. The van der Waals surface area contributed by atoms with Crippen molar-refractivity contribution in [2.24, 2.45) is 0 Å². The molecule has 0 unspecified atom stereocenters. The number of hydrogen-bond donors (Lipinski definition) is 0. The highest BCUT2D eigenvalue weighted by molar-refractivity contribution is 5.50. The average Bonchev–Trinajstić information content (AvgIpc) is 2.51. The molecule has 5 heteroatoms. The summed E-state index contributed by atoms with van der Waals surface area (Å²) in [6.45, 7) is 0.330. The van der Waals surface area contributed by atoms with Gasteiger partial charge in [0.25, 0.3) is 0 Å². The summed E-state index contributed by atoms with van der Waals surface area (Å²) in [5, 5.41) is 10.9. The number of rotatable bonds is 6. The number of ether oxygens (including phenoxy) is 2. The average molecular weight is 283 g/mol. The molecule has 0 radical (unpaired) electrons. The van der Waals surface area contributed by atoms with Crippen LogP contribution in [0.25, 0.3) is 0 Å². The van der Waals surface area contributed by atoms with Crippen LogP contribution in [0.2, 0.25) is 0 Å². The predicted octanol–water partition coefficient (Wildman–Crippen LogP) is 3.19. The zero-order valence-corrected chi connectivity index (χ0v) is 11.2. The van der Waals surface area contributed by atoms with E-state index in [1.165, 1.54) is 18.2 Å². The van der Waals surface area contributed by atoms with Crippen LogP contribution in [0.3, 0.4) is 0 Å². The zero-order chi connectivity index (χ0) is 15.1. The van der Waals surface area contributed by atoms with E-state index in [-0.39, 0.29) is 18.0 Å². The van der Waals surface area contributed by atoms with Crippen molar-refractivity contribution in [3.8, 4) is 23.8 Å². The molecule has 0 saturated carbocycles. The topological polar surface area (TPSA) is 61.6 Å². The third-order valence-electron chi connectivity index (χ3n) is 2.69. The molecule has 0 bridgehead atoms. The van der Waals surface area contributed by atoms with Gasteiger partial charge in [-0.3, -0.25) is 10.1 Å². The van der Waals surface area contributed by atoms with Gasteiger partial charge >= 0.3 is 5.69 Å². The number of nitro groups is 1. The van der Waals surface area contributed by atoms with Gasteiger partial charge in [0.2, 0.25) is 5.75 Å². The molecule has 0 N–H and O–H groups in total. The van der Waals surface area contributed by atoms with Gasteiger partial charge in [0, 0.05) is 12.1 Å². The van der Waals surface area contributed by atoms with E-state index in [0.29, 0.717) is 12.4 Å². The largest absolute Gasteiger partial charge is 0.489 e. The molecule has 0 fully saturated rings. The molecule has 0 atom stereocenters. The van der Waals surface area contributed by atoms with E-state index in [4.69, 9.17) is 15.9 Å². The number of terminal acetylenes is 1. The van der Waals surface area contributed by atoms with Crippen LogP contribution >= 0.6 is 0 Å². The van der Waals surface area contributed by atoms with Crippen LogP contribution in [-0.4, -0.2) is 11.5 Å². The third kappa shape index (κ3) is 3.98. The Balaban J connectivity index is 2.13. The minimum atomic E-state index is -0.521. The Kier molecular flexibility index (Phi) is 4.78. The lowest BCUT2D eigenvalue weighted by atomic mass is 10.2. The molecule has 0 saturated heterocycles. The molecule has 0 aliphatic carbocycles. The molecule has 0 aliphatic rings. The summed E-state index contributed by atoms with van der Waals surface area (Å²) in [4.78, 5) is 10.4. The van der Waals surface area contributed by atoms with E-state index in [9.17, 15) is 10.1 Å². The predicted molar refractivity (Wildman–Crippen MR) is 78.2 cm³/mol. The summed E-state index contributed by atoms with van der Waals surface area (Å²) in [5.41, 5.74) is 0.860. The third-order valence-corrected chi connectivity index (χ3v) is 2.69. The first-order valence-corrected chi connectivity index (χ1v) is 6.22. The Bertz CT molecular complexity index is 662. The van der Waals surface area contributed by atoms with Gasteiger partial charge < -0.3 is 9.47 Å². The van der Waals surface area contributed by atoms with Gasteiger partial charge in [-0.1, -0.05) is 36.3 Å². The fraction of sp³-hybridized carbons (Fsp3) is 0.125. The first-order chi connectivity index (χ1) is 10.2. The van der Waals surface area contributed by atoms with Crippen LogP contribution in [0.1, 0.15) is 5.56 Å². The maximum Gasteiger partial charge on any atom is 0.311 e. The van der Waals surface area contributed by atoms with Gasteiger partial charge in [0.1, 0.15) is 19.0 Å². The van der Waals surface area contributed by atoms with Crippen LogP contribution in [0.4, 0.5) is 5.69 Å². The van der Waals surface area contributed by atoms with Crippen molar-refractivity contribution in [3.05, 3.63) is 64.2 Å². The lowest BCUT2D eigenvalue weighted by Crippen LogP contribution is -2.00. The molecule has 0 aliphatic heterocycles. The van der Waals surface area contributed by atoms with E-state index < -0.39 is 4.92 Å². The van der Waals surface area contributed by atoms with E-state index in [1.807, 2.05) is 30.3 Å². The van der Waals surface area contributed by atoms with E-state index in [2.05, 4.69) is 5.92 Å². The molecule has 0 amide bonds. The number of benzene rings is 2. The molecule has 2 aromatic carbocycles. The molecule has 0 heterocycles. The van der Waals surface area contributed by atoms with Gasteiger partial charge in [0.05, 0.1) is 4.92 Å². The summed E-state index contributed by atoms with van der Waals surface area (Å²) in [6.07, 6.45) is 5.10. The summed E-state index contributed by atoms with van der Waals surface area (Å²) in [5.74, 6) is 2.86. The summed E-state index contributed by atoms with van der Waals surface area (Å²) in [7, 11) is 0. The molecule has 0 aromatic heterocycles. The molecule has 2 rings (SSSR count). The molecule has 5 nitrogen and oxygen atoms in total. The Morgan fingerprint density at radius 3 is 2.57 bits per heavy atom. The van der Waals surface area contributed by atoms with Crippen molar-refractivity contribution >= 4 is 5.69 Å². The van der Waals surface area contributed by atoms with E-state index >= 15 is 0 Å². The summed E-state index contributed by atoms with van der Waals surface area (Å²) in [6, 6.07) is 13.9. The van der Waals surface area contributed by atoms with Crippen LogP contribution < -0.4 is 9.47 Å². The Morgan fingerprint density at radius 1 is 1.14 bits per heavy atom. The van der Waals surface area contributed by atoms with Crippen LogP contribution in [-0.2, 0) is 6.61 Å². The standard InChI is InChI=1S/C16H13NO4/c1-2-10-20-16-11-14(8-9-15(16)17(18)19)21-12-13-6-4-3-5-7-13/h1,3-9,11H,10,12H2.